The van der Waals surface area contributed by atoms with Crippen LogP contribution in [-0.2, 0) is 9.57 Å². The van der Waals surface area contributed by atoms with Crippen molar-refractivity contribution in [3.63, 3.8) is 0 Å². The fraction of sp³-hybridized carbons (Fsp3) is 0.909. The van der Waals surface area contributed by atoms with Crippen molar-refractivity contribution in [1.82, 2.24) is 16.1 Å². The van der Waals surface area contributed by atoms with Gasteiger partial charge < -0.3 is 14.9 Å². The normalized spacial score (nSPS) is 19.6. The Bertz CT molecular complexity index is 338. The summed E-state index contributed by atoms with van der Waals surface area (Å²) in [4.78, 5) is 4.88. The lowest BCUT2D eigenvalue weighted by Crippen LogP contribution is -2.34. The molecule has 1 saturated heterocycles. The molecule has 0 bridgehead atoms. The zero-order chi connectivity index (χ0) is 21.6. The molecule has 28 heavy (non-hydrogen) atoms. The molecule has 1 fully saturated rings. The fourth-order valence-electron chi connectivity index (χ4n) is 2.70. The molecule has 0 radical (unpaired) electrons. The Balaban J connectivity index is 0. The molecule has 0 aliphatic carbocycles. The van der Waals surface area contributed by atoms with Gasteiger partial charge in [0.1, 0.15) is 5.76 Å². The third-order valence-electron chi connectivity index (χ3n) is 4.39. The van der Waals surface area contributed by atoms with Crippen LogP contribution in [-0.4, -0.2) is 44.8 Å². The van der Waals surface area contributed by atoms with Gasteiger partial charge >= 0.3 is 0 Å². The molecule has 0 amide bonds. The predicted octanol–water partition coefficient (Wildman–Crippen LogP) is 4.90. The molecule has 170 valence electrons. The van der Waals surface area contributed by atoms with Crippen LogP contribution in [0.1, 0.15) is 80.1 Å². The quantitative estimate of drug-likeness (QED) is 0.256. The van der Waals surface area contributed by atoms with Crippen LogP contribution in [0.5, 0.6) is 0 Å². The molecule has 3 N–H and O–H groups in total. The maximum absolute atomic E-state index is 4.91. The van der Waals surface area contributed by atoms with E-state index in [2.05, 4.69) is 42.6 Å². The molecule has 2 atom stereocenters. The van der Waals surface area contributed by atoms with E-state index in [1.807, 2.05) is 33.8 Å². The number of allylic oxidation sites excluding steroid dienone is 1. The summed E-state index contributed by atoms with van der Waals surface area (Å²) in [5.41, 5.74) is 2.78. The first kappa shape index (κ1) is 29.9. The van der Waals surface area contributed by atoms with Crippen LogP contribution in [0.3, 0.4) is 0 Å². The van der Waals surface area contributed by atoms with E-state index in [0.717, 1.165) is 18.2 Å². The van der Waals surface area contributed by atoms with E-state index in [9.17, 15) is 0 Å². The molecule has 0 spiro atoms. The van der Waals surface area contributed by atoms with Crippen molar-refractivity contribution < 1.29 is 9.57 Å². The first-order valence-electron chi connectivity index (χ1n) is 11.2. The predicted molar refractivity (Wildman–Crippen MR) is 127 cm³/mol. The van der Waals surface area contributed by atoms with Gasteiger partial charge in [-0.05, 0) is 64.6 Å². The minimum Gasteiger partial charge on any atom is -0.413 e. The number of rotatable bonds is 8. The molecule has 2 unspecified atom stereocenters. The number of methoxy groups -OCH3 is 1. The molecule has 0 aromatic carbocycles. The number of thiol groups is 1. The van der Waals surface area contributed by atoms with E-state index in [0.29, 0.717) is 18.0 Å². The van der Waals surface area contributed by atoms with Crippen LogP contribution < -0.4 is 16.1 Å². The standard InChI is InChI=1S/C8H18N2O.C7H16S.C5H9NO.C2H6/c1-11-7-10-6-8-2-4-9-5-3-8;1-3-5-6-7(8)4-2;1-4-3-5(2)7-6-4;1-2/h8-10H,2-7H2,1H3;7-8H,3-6H2,1-2H3;3-4,6H,1-2H3;1-2H3. The Kier molecular flexibility index (Phi) is 24.6. The first-order valence-corrected chi connectivity index (χ1v) is 11.7. The van der Waals surface area contributed by atoms with Crippen LogP contribution >= 0.6 is 12.6 Å². The Labute approximate surface area is 181 Å². The summed E-state index contributed by atoms with van der Waals surface area (Å²) in [6, 6.07) is 0.389. The summed E-state index contributed by atoms with van der Waals surface area (Å²) in [5, 5.41) is 7.25. The molecule has 6 heteroatoms. The average molecular weight is 420 g/mol. The number of hydrogen-bond acceptors (Lipinski definition) is 6. The van der Waals surface area contributed by atoms with Gasteiger partial charge in [0.15, 0.2) is 0 Å². The second-order valence-electron chi connectivity index (χ2n) is 7.07. The number of unbranched alkanes of at least 4 members (excludes halogenated alkanes) is 1. The molecule has 0 aromatic heterocycles. The van der Waals surface area contributed by atoms with Gasteiger partial charge in [-0.1, -0.05) is 40.5 Å². The zero-order valence-electron chi connectivity index (χ0n) is 19.6. The van der Waals surface area contributed by atoms with Gasteiger partial charge in [-0.2, -0.15) is 18.1 Å². The molecule has 2 heterocycles. The van der Waals surface area contributed by atoms with Gasteiger partial charge in [0.25, 0.3) is 0 Å². The molecule has 2 rings (SSSR count). The Morgan fingerprint density at radius 1 is 1.29 bits per heavy atom. The number of hydrogen-bond donors (Lipinski definition) is 4. The molecule has 2 aliphatic heterocycles. The van der Waals surface area contributed by atoms with Crippen molar-refractivity contribution >= 4 is 12.6 Å². The van der Waals surface area contributed by atoms with E-state index < -0.39 is 0 Å². The summed E-state index contributed by atoms with van der Waals surface area (Å²) in [5.74, 6) is 1.82. The lowest BCUT2D eigenvalue weighted by Gasteiger charge is -2.22. The third kappa shape index (κ3) is 20.5. The lowest BCUT2D eigenvalue weighted by atomic mass is 9.98. The second-order valence-corrected chi connectivity index (χ2v) is 7.80. The number of hydroxylamine groups is 1. The van der Waals surface area contributed by atoms with Gasteiger partial charge in [0, 0.05) is 18.9 Å². The van der Waals surface area contributed by atoms with E-state index >= 15 is 0 Å². The van der Waals surface area contributed by atoms with E-state index in [-0.39, 0.29) is 0 Å². The zero-order valence-corrected chi connectivity index (χ0v) is 20.5. The minimum absolute atomic E-state index is 0.389. The van der Waals surface area contributed by atoms with Crippen molar-refractivity contribution in [2.45, 2.75) is 91.4 Å². The van der Waals surface area contributed by atoms with Gasteiger partial charge in [0.2, 0.25) is 0 Å². The molecule has 0 aromatic rings. The second kappa shape index (κ2) is 23.0. The van der Waals surface area contributed by atoms with E-state index in [1.165, 1.54) is 51.6 Å². The maximum atomic E-state index is 4.91. The van der Waals surface area contributed by atoms with E-state index in [1.54, 1.807) is 7.11 Å². The van der Waals surface area contributed by atoms with Crippen molar-refractivity contribution in [1.29, 1.82) is 0 Å². The van der Waals surface area contributed by atoms with Gasteiger partial charge in [0.05, 0.1) is 12.8 Å². The van der Waals surface area contributed by atoms with Crippen LogP contribution in [0.15, 0.2) is 11.8 Å². The third-order valence-corrected chi connectivity index (χ3v) is 5.01. The first-order chi connectivity index (χ1) is 13.5. The number of piperidine rings is 1. The summed E-state index contributed by atoms with van der Waals surface area (Å²) in [6.45, 7) is 16.5. The van der Waals surface area contributed by atoms with Crippen LogP contribution in [0.4, 0.5) is 0 Å². The monoisotopic (exact) mass is 419 g/mol. The molecular weight excluding hydrogens is 370 g/mol. The van der Waals surface area contributed by atoms with Crippen molar-refractivity contribution in [3.8, 4) is 0 Å². The topological polar surface area (TPSA) is 54.5 Å². The highest BCUT2D eigenvalue weighted by Gasteiger charge is 2.11. The van der Waals surface area contributed by atoms with Gasteiger partial charge in [-0.25, -0.2) is 0 Å². The SMILES string of the molecule is CC.CC1=CC(C)NO1.CCCCC(S)CC.COCNCC1CCNCC1. The summed E-state index contributed by atoms with van der Waals surface area (Å²) in [6.07, 6.45) is 9.77. The maximum Gasteiger partial charge on any atom is 0.118 e. The largest absolute Gasteiger partial charge is 0.413 e. The van der Waals surface area contributed by atoms with Crippen LogP contribution in [0.2, 0.25) is 0 Å². The number of nitrogens with one attached hydrogen (secondary N) is 3. The van der Waals surface area contributed by atoms with E-state index in [4.69, 9.17) is 9.57 Å². The van der Waals surface area contributed by atoms with Crippen LogP contribution in [0.25, 0.3) is 0 Å². The molecule has 5 nitrogen and oxygen atoms in total. The molecule has 2 aliphatic rings. The summed E-state index contributed by atoms with van der Waals surface area (Å²) < 4.78 is 4.91. The smallest absolute Gasteiger partial charge is 0.118 e. The van der Waals surface area contributed by atoms with Crippen molar-refractivity contribution in [3.05, 3.63) is 11.8 Å². The average Bonchev–Trinajstić information content (AvgIpc) is 3.12. The highest BCUT2D eigenvalue weighted by molar-refractivity contribution is 7.80. The Hall–Kier alpha value is -0.270. The number of ether oxygens (including phenoxy) is 1. The highest BCUT2D eigenvalue weighted by atomic mass is 32.1. The van der Waals surface area contributed by atoms with Gasteiger partial charge in [-0.15, -0.1) is 0 Å². The van der Waals surface area contributed by atoms with Gasteiger partial charge in [-0.3, -0.25) is 5.32 Å². The molecular formula is C22H49N3O2S. The van der Waals surface area contributed by atoms with Crippen LogP contribution in [0, 0.1) is 5.92 Å². The lowest BCUT2D eigenvalue weighted by molar-refractivity contribution is 0.121. The molecule has 0 saturated carbocycles. The van der Waals surface area contributed by atoms with Crippen molar-refractivity contribution in [2.24, 2.45) is 5.92 Å². The fourth-order valence-corrected chi connectivity index (χ4v) is 2.88. The Morgan fingerprint density at radius 2 is 1.93 bits per heavy atom. The Morgan fingerprint density at radius 3 is 2.32 bits per heavy atom. The summed E-state index contributed by atoms with van der Waals surface area (Å²) in [7, 11) is 1.72. The highest BCUT2D eigenvalue weighted by Crippen LogP contribution is 2.10. The summed E-state index contributed by atoms with van der Waals surface area (Å²) >= 11 is 4.36. The minimum atomic E-state index is 0.389. The van der Waals surface area contributed by atoms with Crippen molar-refractivity contribution in [2.75, 3.05) is 33.5 Å².